The summed E-state index contributed by atoms with van der Waals surface area (Å²) in [7, 11) is 0. The number of rotatable bonds is 4. The molecule has 0 spiro atoms. The number of ether oxygens (including phenoxy) is 1. The highest BCUT2D eigenvalue weighted by Gasteiger charge is 2.27. The first-order valence-corrected chi connectivity index (χ1v) is 6.38. The first kappa shape index (κ1) is 14.1. The largest absolute Gasteiger partial charge is 0.493 e. The number of carbonyl (C=O) groups is 2. The normalized spacial score (nSPS) is 13.9. The molecule has 1 amide bonds. The van der Waals surface area contributed by atoms with Crippen molar-refractivity contribution in [2.45, 2.75) is 25.8 Å². The third-order valence-electron chi connectivity index (χ3n) is 3.11. The molecule has 2 rings (SSSR count). The lowest BCUT2D eigenvalue weighted by Gasteiger charge is -2.19. The maximum Gasteiger partial charge on any atom is 0.328 e. The van der Waals surface area contributed by atoms with Gasteiger partial charge in [0.05, 0.1) is 6.61 Å². The Bertz CT molecular complexity index is 575. The molecule has 0 atom stereocenters. The second-order valence-electron chi connectivity index (χ2n) is 5.22. The summed E-state index contributed by atoms with van der Waals surface area (Å²) in [5.74, 6) is -0.623. The van der Waals surface area contributed by atoms with E-state index in [1.165, 1.54) is 19.9 Å². The molecule has 20 heavy (non-hydrogen) atoms. The van der Waals surface area contributed by atoms with Crippen LogP contribution in [0, 0.1) is 0 Å². The predicted molar refractivity (Wildman–Crippen MR) is 74.5 cm³/mol. The lowest BCUT2D eigenvalue weighted by Crippen LogP contribution is -2.49. The zero-order valence-electron chi connectivity index (χ0n) is 11.5. The Balaban J connectivity index is 2.02. The number of carbonyl (C=O) groups excluding carboxylic acids is 1. The van der Waals surface area contributed by atoms with Gasteiger partial charge in [-0.1, -0.05) is 6.07 Å². The van der Waals surface area contributed by atoms with Crippen LogP contribution in [0.5, 0.6) is 5.75 Å². The van der Waals surface area contributed by atoms with E-state index in [1.54, 1.807) is 6.08 Å². The molecule has 0 fully saturated rings. The van der Waals surface area contributed by atoms with Crippen LogP contribution in [0.15, 0.2) is 24.3 Å². The summed E-state index contributed by atoms with van der Waals surface area (Å²) in [4.78, 5) is 22.6. The number of carboxylic acid groups (broad SMARTS) is 1. The molecule has 0 radical (unpaired) electrons. The zero-order chi connectivity index (χ0) is 14.8. The van der Waals surface area contributed by atoms with Gasteiger partial charge in [-0.15, -0.1) is 0 Å². The summed E-state index contributed by atoms with van der Waals surface area (Å²) < 4.78 is 5.40. The Morgan fingerprint density at radius 3 is 2.85 bits per heavy atom. The van der Waals surface area contributed by atoms with Crippen LogP contribution in [-0.2, 0) is 16.0 Å². The van der Waals surface area contributed by atoms with Crippen LogP contribution in [0.2, 0.25) is 0 Å². The van der Waals surface area contributed by atoms with Crippen molar-refractivity contribution in [3.63, 3.8) is 0 Å². The summed E-state index contributed by atoms with van der Waals surface area (Å²) in [6, 6.07) is 5.70. The Morgan fingerprint density at radius 1 is 1.40 bits per heavy atom. The molecule has 1 aliphatic heterocycles. The molecular weight excluding hydrogens is 258 g/mol. The van der Waals surface area contributed by atoms with Crippen LogP contribution in [0.1, 0.15) is 25.0 Å². The van der Waals surface area contributed by atoms with Gasteiger partial charge in [-0.05, 0) is 43.2 Å². The smallest absolute Gasteiger partial charge is 0.328 e. The van der Waals surface area contributed by atoms with Crippen LogP contribution in [-0.4, -0.2) is 29.1 Å². The molecule has 1 aliphatic rings. The van der Waals surface area contributed by atoms with Gasteiger partial charge >= 0.3 is 5.97 Å². The van der Waals surface area contributed by atoms with E-state index < -0.39 is 17.4 Å². The van der Waals surface area contributed by atoms with Gasteiger partial charge in [-0.3, -0.25) is 4.79 Å². The number of benzene rings is 1. The lowest BCUT2D eigenvalue weighted by molar-refractivity contribution is -0.145. The van der Waals surface area contributed by atoms with Crippen LogP contribution >= 0.6 is 0 Å². The Labute approximate surface area is 117 Å². The highest BCUT2D eigenvalue weighted by Crippen LogP contribution is 2.26. The summed E-state index contributed by atoms with van der Waals surface area (Å²) >= 11 is 0. The molecule has 1 aromatic rings. The molecule has 0 aromatic heterocycles. The van der Waals surface area contributed by atoms with Crippen molar-refractivity contribution in [2.24, 2.45) is 0 Å². The number of hydrogen-bond acceptors (Lipinski definition) is 3. The second kappa shape index (κ2) is 5.36. The predicted octanol–water partition coefficient (Wildman–Crippen LogP) is 1.61. The third-order valence-corrected chi connectivity index (χ3v) is 3.11. The van der Waals surface area contributed by atoms with Gasteiger partial charge in [0.15, 0.2) is 0 Å². The van der Waals surface area contributed by atoms with E-state index in [0.717, 1.165) is 23.3 Å². The number of carboxylic acids is 1. The van der Waals surface area contributed by atoms with E-state index in [-0.39, 0.29) is 0 Å². The van der Waals surface area contributed by atoms with Crippen molar-refractivity contribution in [3.8, 4) is 5.75 Å². The van der Waals surface area contributed by atoms with Crippen molar-refractivity contribution < 1.29 is 19.4 Å². The minimum absolute atomic E-state index is 0.436. The number of aliphatic carboxylic acids is 1. The first-order chi connectivity index (χ1) is 9.38. The Morgan fingerprint density at radius 2 is 2.15 bits per heavy atom. The van der Waals surface area contributed by atoms with Crippen molar-refractivity contribution in [1.82, 2.24) is 5.32 Å². The van der Waals surface area contributed by atoms with E-state index in [1.807, 2.05) is 18.2 Å². The molecule has 1 heterocycles. The summed E-state index contributed by atoms with van der Waals surface area (Å²) in [5.41, 5.74) is 0.726. The quantitative estimate of drug-likeness (QED) is 0.819. The maximum absolute atomic E-state index is 11.7. The molecule has 2 N–H and O–H groups in total. The summed E-state index contributed by atoms with van der Waals surface area (Å²) in [6.07, 6.45) is 3.86. The molecular formula is C15H17NO4. The van der Waals surface area contributed by atoms with Crippen molar-refractivity contribution in [2.75, 3.05) is 6.61 Å². The fourth-order valence-corrected chi connectivity index (χ4v) is 1.89. The molecule has 5 heteroatoms. The van der Waals surface area contributed by atoms with Crippen LogP contribution in [0.3, 0.4) is 0 Å². The summed E-state index contributed by atoms with van der Waals surface area (Å²) in [6.45, 7) is 3.57. The van der Waals surface area contributed by atoms with Crippen LogP contribution < -0.4 is 10.1 Å². The van der Waals surface area contributed by atoms with E-state index in [4.69, 9.17) is 9.84 Å². The van der Waals surface area contributed by atoms with E-state index in [0.29, 0.717) is 6.61 Å². The topological polar surface area (TPSA) is 75.6 Å². The molecule has 106 valence electrons. The first-order valence-electron chi connectivity index (χ1n) is 6.38. The molecule has 0 saturated heterocycles. The fraction of sp³-hybridized carbons (Fsp3) is 0.333. The van der Waals surface area contributed by atoms with Gasteiger partial charge in [0.1, 0.15) is 11.3 Å². The molecule has 1 aromatic carbocycles. The standard InChI is InChI=1S/C15H17NO4/c1-15(2,14(18)19)16-13(17)6-4-10-3-5-12-11(9-10)7-8-20-12/h3-6,9H,7-8H2,1-2H3,(H,16,17)(H,18,19). The van der Waals surface area contributed by atoms with Gasteiger partial charge in [0.25, 0.3) is 0 Å². The monoisotopic (exact) mass is 275 g/mol. The second-order valence-corrected chi connectivity index (χ2v) is 5.22. The number of fused-ring (bicyclic) bond motifs is 1. The van der Waals surface area contributed by atoms with Gasteiger partial charge in [-0.25, -0.2) is 4.79 Å². The number of nitrogens with one attached hydrogen (secondary N) is 1. The van der Waals surface area contributed by atoms with Crippen molar-refractivity contribution in [3.05, 3.63) is 35.4 Å². The van der Waals surface area contributed by atoms with Crippen molar-refractivity contribution in [1.29, 1.82) is 0 Å². The molecule has 5 nitrogen and oxygen atoms in total. The van der Waals surface area contributed by atoms with E-state index in [9.17, 15) is 9.59 Å². The maximum atomic E-state index is 11.7. The molecule has 0 aliphatic carbocycles. The van der Waals surface area contributed by atoms with Crippen LogP contribution in [0.4, 0.5) is 0 Å². The highest BCUT2D eigenvalue weighted by molar-refractivity contribution is 5.95. The van der Waals surface area contributed by atoms with Gasteiger partial charge in [-0.2, -0.15) is 0 Å². The van der Waals surface area contributed by atoms with E-state index in [2.05, 4.69) is 5.32 Å². The lowest BCUT2D eigenvalue weighted by atomic mass is 10.1. The highest BCUT2D eigenvalue weighted by atomic mass is 16.5. The fourth-order valence-electron chi connectivity index (χ4n) is 1.89. The van der Waals surface area contributed by atoms with Gasteiger partial charge in [0.2, 0.25) is 5.91 Å². The SMILES string of the molecule is CC(C)(NC(=O)C=Cc1ccc2c(c1)CCO2)C(=O)O. The zero-order valence-corrected chi connectivity index (χ0v) is 11.5. The number of amides is 1. The third kappa shape index (κ3) is 3.17. The van der Waals surface area contributed by atoms with Crippen molar-refractivity contribution >= 4 is 18.0 Å². The Kier molecular flexibility index (Phi) is 3.79. The van der Waals surface area contributed by atoms with Gasteiger partial charge in [0, 0.05) is 12.5 Å². The minimum atomic E-state index is -1.28. The average molecular weight is 275 g/mol. The van der Waals surface area contributed by atoms with Gasteiger partial charge < -0.3 is 15.2 Å². The van der Waals surface area contributed by atoms with Crippen LogP contribution in [0.25, 0.3) is 6.08 Å². The average Bonchev–Trinajstić information content (AvgIpc) is 2.82. The minimum Gasteiger partial charge on any atom is -0.493 e. The molecule has 0 unspecified atom stereocenters. The van der Waals surface area contributed by atoms with E-state index >= 15 is 0 Å². The summed E-state index contributed by atoms with van der Waals surface area (Å²) in [5, 5.41) is 11.4. The molecule has 0 bridgehead atoms. The molecule has 0 saturated carbocycles. The Hall–Kier alpha value is -2.30. The number of hydrogen-bond donors (Lipinski definition) is 2.